The predicted molar refractivity (Wildman–Crippen MR) is 104 cm³/mol. The summed E-state index contributed by atoms with van der Waals surface area (Å²) in [5, 5.41) is 6.33. The van der Waals surface area contributed by atoms with Crippen LogP contribution in [0.4, 0.5) is 0 Å². The molecule has 0 aromatic heterocycles. The molecule has 0 radical (unpaired) electrons. The van der Waals surface area contributed by atoms with Crippen molar-refractivity contribution in [3.8, 4) is 0 Å². The van der Waals surface area contributed by atoms with E-state index in [1.54, 1.807) is 21.2 Å². The fourth-order valence-corrected chi connectivity index (χ4v) is 1.82. The molecule has 0 spiro atoms. The molecule has 0 heterocycles. The average molecular weight is 434 g/mol. The molecule has 1 unspecified atom stereocenters. The van der Waals surface area contributed by atoms with Crippen LogP contribution in [0.15, 0.2) is 35.3 Å². The summed E-state index contributed by atoms with van der Waals surface area (Å²) in [5.41, 5.74) is 1.10. The Hall–Kier alpha value is -1.35. The number of benzene rings is 1. The van der Waals surface area contributed by atoms with Crippen LogP contribution in [0, 0.1) is 0 Å². The van der Waals surface area contributed by atoms with Gasteiger partial charge in [-0.1, -0.05) is 30.3 Å². The molecule has 0 saturated carbocycles. The van der Waals surface area contributed by atoms with Crippen molar-refractivity contribution in [3.05, 3.63) is 35.9 Å². The van der Waals surface area contributed by atoms with Crippen LogP contribution in [0.2, 0.25) is 0 Å². The first-order chi connectivity index (χ1) is 10.6. The monoisotopic (exact) mass is 434 g/mol. The number of halogens is 1. The molecule has 0 bridgehead atoms. The van der Waals surface area contributed by atoms with E-state index in [-0.39, 0.29) is 42.5 Å². The Morgan fingerprint density at radius 2 is 1.91 bits per heavy atom. The lowest BCUT2D eigenvalue weighted by atomic mass is 10.1. The van der Waals surface area contributed by atoms with Gasteiger partial charge in [-0.15, -0.1) is 24.0 Å². The lowest BCUT2D eigenvalue weighted by Gasteiger charge is -2.18. The fourth-order valence-electron chi connectivity index (χ4n) is 1.82. The third-order valence-corrected chi connectivity index (χ3v) is 3.13. The smallest absolute Gasteiger partial charge is 0.243 e. The number of hydrogen-bond acceptors (Lipinski definition) is 3. The number of likely N-dealkylation sites (N-methyl/N-ethyl adjacent to an activating group) is 1. The van der Waals surface area contributed by atoms with E-state index in [4.69, 9.17) is 4.74 Å². The van der Waals surface area contributed by atoms with Gasteiger partial charge in [-0.05, 0) is 12.5 Å². The molecule has 6 nitrogen and oxygen atoms in total. The molecular formula is C16H27IN4O2. The number of methoxy groups -OCH3 is 1. The summed E-state index contributed by atoms with van der Waals surface area (Å²) in [7, 11) is 5.11. The maximum absolute atomic E-state index is 11.6. The van der Waals surface area contributed by atoms with Gasteiger partial charge in [0.15, 0.2) is 5.96 Å². The topological polar surface area (TPSA) is 66.0 Å². The van der Waals surface area contributed by atoms with Gasteiger partial charge in [0, 0.05) is 34.3 Å². The summed E-state index contributed by atoms with van der Waals surface area (Å²) in [6.45, 7) is 3.40. The minimum atomic E-state index is -0.0744. The SMILES string of the molecule is CCNC(=NCC(=O)N(C)C)NCC(OC)c1ccccc1.I. The van der Waals surface area contributed by atoms with Gasteiger partial charge in [0.2, 0.25) is 5.91 Å². The van der Waals surface area contributed by atoms with E-state index >= 15 is 0 Å². The standard InChI is InChI=1S/C16H26N4O2.HI/c1-5-17-16(19-12-15(21)20(2)3)18-11-14(22-4)13-9-7-6-8-10-13;/h6-10,14H,5,11-12H2,1-4H3,(H2,17,18,19);1H. The first-order valence-corrected chi connectivity index (χ1v) is 7.38. The number of hydrogen-bond donors (Lipinski definition) is 2. The molecule has 130 valence electrons. The van der Waals surface area contributed by atoms with Crippen molar-refractivity contribution in [3.63, 3.8) is 0 Å². The summed E-state index contributed by atoms with van der Waals surface area (Å²) in [6, 6.07) is 9.99. The van der Waals surface area contributed by atoms with E-state index in [1.165, 1.54) is 4.90 Å². The number of carbonyl (C=O) groups excluding carboxylic acids is 1. The maximum atomic E-state index is 11.6. The average Bonchev–Trinajstić information content (AvgIpc) is 2.53. The van der Waals surface area contributed by atoms with Crippen molar-refractivity contribution in [1.29, 1.82) is 0 Å². The Labute approximate surface area is 155 Å². The van der Waals surface area contributed by atoms with Crippen LogP contribution in [0.5, 0.6) is 0 Å². The van der Waals surface area contributed by atoms with E-state index in [1.807, 2.05) is 37.3 Å². The van der Waals surface area contributed by atoms with Gasteiger partial charge < -0.3 is 20.3 Å². The maximum Gasteiger partial charge on any atom is 0.243 e. The van der Waals surface area contributed by atoms with Crippen LogP contribution in [0.25, 0.3) is 0 Å². The van der Waals surface area contributed by atoms with Gasteiger partial charge in [0.1, 0.15) is 6.54 Å². The molecule has 1 rings (SSSR count). The summed E-state index contributed by atoms with van der Waals surface area (Å²) in [4.78, 5) is 17.4. The number of nitrogens with zero attached hydrogens (tertiary/aromatic N) is 2. The second-order valence-corrected chi connectivity index (χ2v) is 5.00. The van der Waals surface area contributed by atoms with E-state index in [0.29, 0.717) is 12.5 Å². The molecule has 0 aliphatic rings. The van der Waals surface area contributed by atoms with E-state index in [9.17, 15) is 4.79 Å². The second-order valence-electron chi connectivity index (χ2n) is 5.00. The van der Waals surface area contributed by atoms with Gasteiger partial charge in [-0.3, -0.25) is 4.79 Å². The van der Waals surface area contributed by atoms with Gasteiger partial charge in [0.25, 0.3) is 0 Å². The highest BCUT2D eigenvalue weighted by molar-refractivity contribution is 14.0. The van der Waals surface area contributed by atoms with E-state index < -0.39 is 0 Å². The number of aliphatic imine (C=N–C) groups is 1. The molecule has 1 atom stereocenters. The Morgan fingerprint density at radius 1 is 1.26 bits per heavy atom. The molecule has 1 aromatic carbocycles. The van der Waals surface area contributed by atoms with Gasteiger partial charge in [-0.25, -0.2) is 4.99 Å². The number of ether oxygens (including phenoxy) is 1. The zero-order valence-corrected chi connectivity index (χ0v) is 16.5. The zero-order valence-electron chi connectivity index (χ0n) is 14.2. The van der Waals surface area contributed by atoms with Gasteiger partial charge in [0.05, 0.1) is 6.10 Å². The van der Waals surface area contributed by atoms with E-state index in [0.717, 1.165) is 12.1 Å². The number of nitrogens with one attached hydrogen (secondary N) is 2. The minimum absolute atomic E-state index is 0. The minimum Gasteiger partial charge on any atom is -0.375 e. The lowest BCUT2D eigenvalue weighted by molar-refractivity contribution is -0.127. The van der Waals surface area contributed by atoms with Crippen LogP contribution in [-0.4, -0.2) is 57.6 Å². The summed E-state index contributed by atoms with van der Waals surface area (Å²) < 4.78 is 5.51. The van der Waals surface area contributed by atoms with Crippen molar-refractivity contribution >= 4 is 35.8 Å². The van der Waals surface area contributed by atoms with Crippen molar-refractivity contribution in [2.45, 2.75) is 13.0 Å². The zero-order chi connectivity index (χ0) is 16.4. The highest BCUT2D eigenvalue weighted by Gasteiger charge is 2.11. The van der Waals surface area contributed by atoms with Gasteiger partial charge in [-0.2, -0.15) is 0 Å². The predicted octanol–water partition coefficient (Wildman–Crippen LogP) is 1.64. The molecule has 7 heteroatoms. The highest BCUT2D eigenvalue weighted by Crippen LogP contribution is 2.14. The van der Waals surface area contributed by atoms with Crippen LogP contribution >= 0.6 is 24.0 Å². The molecule has 2 N–H and O–H groups in total. The normalized spacial score (nSPS) is 12.1. The second kappa shape index (κ2) is 12.1. The Balaban J connectivity index is 0.00000484. The molecule has 23 heavy (non-hydrogen) atoms. The quantitative estimate of drug-likeness (QED) is 0.389. The number of guanidine groups is 1. The van der Waals surface area contributed by atoms with Crippen molar-refractivity contribution in [2.24, 2.45) is 4.99 Å². The Bertz CT molecular complexity index is 480. The first-order valence-electron chi connectivity index (χ1n) is 7.38. The van der Waals surface area contributed by atoms with Crippen molar-refractivity contribution < 1.29 is 9.53 Å². The van der Waals surface area contributed by atoms with Crippen LogP contribution in [0.3, 0.4) is 0 Å². The van der Waals surface area contributed by atoms with Gasteiger partial charge >= 0.3 is 0 Å². The molecule has 0 aliphatic heterocycles. The molecule has 0 saturated heterocycles. The van der Waals surface area contributed by atoms with Crippen molar-refractivity contribution in [2.75, 3.05) is 40.8 Å². The summed E-state index contributed by atoms with van der Waals surface area (Å²) >= 11 is 0. The molecule has 1 amide bonds. The fraction of sp³-hybridized carbons (Fsp3) is 0.500. The summed E-state index contributed by atoms with van der Waals surface area (Å²) in [6.07, 6.45) is -0.0744. The molecule has 0 aliphatic carbocycles. The van der Waals surface area contributed by atoms with Crippen LogP contribution in [0.1, 0.15) is 18.6 Å². The Morgan fingerprint density at radius 3 is 2.43 bits per heavy atom. The molecule has 0 fully saturated rings. The molecular weight excluding hydrogens is 407 g/mol. The highest BCUT2D eigenvalue weighted by atomic mass is 127. The number of carbonyl (C=O) groups is 1. The van der Waals surface area contributed by atoms with Crippen LogP contribution < -0.4 is 10.6 Å². The molecule has 1 aromatic rings. The first kappa shape index (κ1) is 21.6. The van der Waals surface area contributed by atoms with Crippen LogP contribution in [-0.2, 0) is 9.53 Å². The largest absolute Gasteiger partial charge is 0.375 e. The number of amides is 1. The summed E-state index contributed by atoms with van der Waals surface area (Å²) in [5.74, 6) is 0.569. The van der Waals surface area contributed by atoms with E-state index in [2.05, 4.69) is 15.6 Å². The third-order valence-electron chi connectivity index (χ3n) is 3.13. The number of rotatable bonds is 7. The Kier molecular flexibility index (Phi) is 11.4. The van der Waals surface area contributed by atoms with Crippen molar-refractivity contribution in [1.82, 2.24) is 15.5 Å². The third kappa shape index (κ3) is 8.17. The lowest BCUT2D eigenvalue weighted by Crippen LogP contribution is -2.40.